The second-order valence-electron chi connectivity index (χ2n) is 10.1. The molecule has 0 fully saturated rings. The molecule has 0 aromatic carbocycles. The molecule has 172 valence electrons. The van der Waals surface area contributed by atoms with Crippen LogP contribution in [0.3, 0.4) is 0 Å². The van der Waals surface area contributed by atoms with Gasteiger partial charge in [-0.05, 0) is 44.6 Å². The van der Waals surface area contributed by atoms with Crippen molar-refractivity contribution in [1.29, 1.82) is 0 Å². The van der Waals surface area contributed by atoms with Crippen LogP contribution in [0.2, 0.25) is 0 Å². The summed E-state index contributed by atoms with van der Waals surface area (Å²) in [6.45, 7) is 10.1. The molecule has 1 aliphatic carbocycles. The minimum atomic E-state index is 0.00930. The molecule has 2 aromatic heterocycles. The minimum absolute atomic E-state index is 0.00930. The number of H-pyrrole nitrogens is 1. The summed E-state index contributed by atoms with van der Waals surface area (Å²) in [5.41, 5.74) is 7.12. The maximum Gasteiger partial charge on any atom is 0.247 e. The number of amides is 2. The fourth-order valence-electron chi connectivity index (χ4n) is 5.02. The van der Waals surface area contributed by atoms with Crippen molar-refractivity contribution in [2.24, 2.45) is 12.5 Å². The van der Waals surface area contributed by atoms with Crippen LogP contribution in [0.1, 0.15) is 68.4 Å². The predicted octanol–water partition coefficient (Wildman–Crippen LogP) is 2.72. The van der Waals surface area contributed by atoms with E-state index in [4.69, 9.17) is 0 Å². The Morgan fingerprint density at radius 1 is 1.25 bits per heavy atom. The van der Waals surface area contributed by atoms with Gasteiger partial charge in [0.15, 0.2) is 0 Å². The molecule has 32 heavy (non-hydrogen) atoms. The highest BCUT2D eigenvalue weighted by Crippen LogP contribution is 2.38. The molecule has 8 nitrogen and oxygen atoms in total. The van der Waals surface area contributed by atoms with E-state index in [1.165, 1.54) is 5.57 Å². The van der Waals surface area contributed by atoms with E-state index < -0.39 is 0 Å². The lowest BCUT2D eigenvalue weighted by Crippen LogP contribution is -2.37. The highest BCUT2D eigenvalue weighted by atomic mass is 16.2. The second-order valence-corrected chi connectivity index (χ2v) is 10.1. The van der Waals surface area contributed by atoms with Crippen molar-refractivity contribution >= 4 is 11.8 Å². The number of aryl methyl sites for hydroxylation is 2. The summed E-state index contributed by atoms with van der Waals surface area (Å²) in [4.78, 5) is 27.6. The summed E-state index contributed by atoms with van der Waals surface area (Å²) in [6, 6.07) is 1.90. The van der Waals surface area contributed by atoms with Crippen molar-refractivity contribution in [3.05, 3.63) is 45.6 Å². The van der Waals surface area contributed by atoms with Crippen LogP contribution in [-0.2, 0) is 42.6 Å². The van der Waals surface area contributed by atoms with Crippen molar-refractivity contribution < 1.29 is 9.59 Å². The van der Waals surface area contributed by atoms with E-state index >= 15 is 0 Å². The standard InChI is InChI=1S/C24H34N6O2/c1-15-12-24(3,4)8-6-18(15)23(32)25-13-20-19-14-30(9-7-21(19)29(5)28-20)22(31)11-17-10-16(2)26-27-17/h10H,6-9,11-14H2,1-5H3,(H,25,32)(H,26,27). The first-order chi connectivity index (χ1) is 15.1. The highest BCUT2D eigenvalue weighted by molar-refractivity contribution is 5.94. The molecule has 0 unspecified atom stereocenters. The van der Waals surface area contributed by atoms with Gasteiger partial charge in [-0.15, -0.1) is 0 Å². The molecule has 1 aliphatic heterocycles. The van der Waals surface area contributed by atoms with Gasteiger partial charge >= 0.3 is 0 Å². The quantitative estimate of drug-likeness (QED) is 0.750. The van der Waals surface area contributed by atoms with Crippen LogP contribution < -0.4 is 5.32 Å². The van der Waals surface area contributed by atoms with Crippen LogP contribution in [0.4, 0.5) is 0 Å². The summed E-state index contributed by atoms with van der Waals surface area (Å²) < 4.78 is 1.89. The van der Waals surface area contributed by atoms with Crippen molar-refractivity contribution in [3.8, 4) is 0 Å². The molecule has 0 saturated carbocycles. The summed E-state index contributed by atoms with van der Waals surface area (Å²) in [6.07, 6.45) is 3.85. The van der Waals surface area contributed by atoms with Crippen molar-refractivity contribution in [1.82, 2.24) is 30.2 Å². The molecule has 0 radical (unpaired) electrons. The summed E-state index contributed by atoms with van der Waals surface area (Å²) in [5, 5.41) is 14.8. The summed E-state index contributed by atoms with van der Waals surface area (Å²) in [5.74, 6) is 0.0710. The monoisotopic (exact) mass is 438 g/mol. The number of aromatic amines is 1. The second kappa shape index (κ2) is 8.56. The van der Waals surface area contributed by atoms with Gasteiger partial charge in [0.25, 0.3) is 0 Å². The molecular formula is C24H34N6O2. The molecule has 2 aromatic rings. The van der Waals surface area contributed by atoms with E-state index in [0.717, 1.165) is 59.6 Å². The Balaban J connectivity index is 1.43. The lowest BCUT2D eigenvalue weighted by molar-refractivity contribution is -0.131. The third-order valence-corrected chi connectivity index (χ3v) is 6.77. The zero-order chi connectivity index (χ0) is 23.0. The van der Waals surface area contributed by atoms with Gasteiger partial charge in [-0.25, -0.2) is 0 Å². The maximum absolute atomic E-state index is 12.9. The van der Waals surface area contributed by atoms with Crippen LogP contribution >= 0.6 is 0 Å². The van der Waals surface area contributed by atoms with Gasteiger partial charge in [0.2, 0.25) is 11.8 Å². The average Bonchev–Trinajstić information content (AvgIpc) is 3.27. The number of hydrogen-bond donors (Lipinski definition) is 2. The van der Waals surface area contributed by atoms with E-state index in [2.05, 4.69) is 41.4 Å². The fourth-order valence-corrected chi connectivity index (χ4v) is 5.02. The molecule has 0 spiro atoms. The molecular weight excluding hydrogens is 404 g/mol. The van der Waals surface area contributed by atoms with Gasteiger partial charge in [0.1, 0.15) is 0 Å². The SMILES string of the molecule is CC1=C(C(=O)NCc2nn(C)c3c2CN(C(=O)Cc2cc(C)[nH]n2)CC3)CCC(C)(C)C1. The zero-order valence-corrected chi connectivity index (χ0v) is 19.8. The molecule has 2 amide bonds. The maximum atomic E-state index is 12.9. The lowest BCUT2D eigenvalue weighted by atomic mass is 9.74. The summed E-state index contributed by atoms with van der Waals surface area (Å²) in [7, 11) is 1.93. The number of allylic oxidation sites excluding steroid dienone is 1. The Kier molecular flexibility index (Phi) is 5.97. The zero-order valence-electron chi connectivity index (χ0n) is 19.8. The average molecular weight is 439 g/mol. The Morgan fingerprint density at radius 3 is 2.72 bits per heavy atom. The first-order valence-corrected chi connectivity index (χ1v) is 11.4. The van der Waals surface area contributed by atoms with E-state index in [1.807, 2.05) is 29.6 Å². The van der Waals surface area contributed by atoms with Gasteiger partial charge in [-0.3, -0.25) is 19.4 Å². The van der Waals surface area contributed by atoms with Crippen molar-refractivity contribution in [2.45, 2.75) is 72.9 Å². The van der Waals surface area contributed by atoms with Gasteiger partial charge in [0, 0.05) is 49.1 Å². The van der Waals surface area contributed by atoms with E-state index in [0.29, 0.717) is 19.6 Å². The Labute approximate surface area is 189 Å². The minimum Gasteiger partial charge on any atom is -0.347 e. The molecule has 2 N–H and O–H groups in total. The van der Waals surface area contributed by atoms with Gasteiger partial charge in [0.05, 0.1) is 24.4 Å². The van der Waals surface area contributed by atoms with Gasteiger partial charge < -0.3 is 10.2 Å². The Bertz CT molecular complexity index is 1070. The molecule has 0 saturated heterocycles. The van der Waals surface area contributed by atoms with E-state index in [1.54, 1.807) is 0 Å². The normalized spacial score (nSPS) is 18.0. The van der Waals surface area contributed by atoms with Crippen LogP contribution in [0, 0.1) is 12.3 Å². The van der Waals surface area contributed by atoms with Gasteiger partial charge in [-0.1, -0.05) is 19.4 Å². The number of nitrogens with zero attached hydrogens (tertiary/aromatic N) is 4. The van der Waals surface area contributed by atoms with Crippen LogP contribution in [0.25, 0.3) is 0 Å². The summed E-state index contributed by atoms with van der Waals surface area (Å²) >= 11 is 0. The molecule has 0 bridgehead atoms. The topological polar surface area (TPSA) is 95.9 Å². The Morgan fingerprint density at radius 2 is 2.03 bits per heavy atom. The number of nitrogens with one attached hydrogen (secondary N) is 2. The molecule has 0 atom stereocenters. The van der Waals surface area contributed by atoms with Crippen LogP contribution in [-0.4, -0.2) is 43.2 Å². The number of rotatable bonds is 5. The largest absolute Gasteiger partial charge is 0.347 e. The lowest BCUT2D eigenvalue weighted by Gasteiger charge is -2.31. The van der Waals surface area contributed by atoms with Crippen LogP contribution in [0.15, 0.2) is 17.2 Å². The third kappa shape index (κ3) is 4.64. The molecule has 4 rings (SSSR count). The first-order valence-electron chi connectivity index (χ1n) is 11.4. The number of carbonyl (C=O) groups excluding carboxylic acids is 2. The van der Waals surface area contributed by atoms with E-state index in [9.17, 15) is 9.59 Å². The number of fused-ring (bicyclic) bond motifs is 1. The molecule has 2 aliphatic rings. The molecule has 3 heterocycles. The van der Waals surface area contributed by atoms with Crippen molar-refractivity contribution in [3.63, 3.8) is 0 Å². The fraction of sp³-hybridized carbons (Fsp3) is 0.583. The Hall–Kier alpha value is -2.90. The van der Waals surface area contributed by atoms with Crippen LogP contribution in [0.5, 0.6) is 0 Å². The van der Waals surface area contributed by atoms with Crippen molar-refractivity contribution in [2.75, 3.05) is 6.54 Å². The number of carbonyl (C=O) groups is 2. The van der Waals surface area contributed by atoms with Gasteiger partial charge in [-0.2, -0.15) is 10.2 Å². The number of hydrogen-bond acceptors (Lipinski definition) is 4. The number of aromatic nitrogens is 4. The molecule has 8 heteroatoms. The van der Waals surface area contributed by atoms with E-state index in [-0.39, 0.29) is 23.7 Å². The first kappa shape index (κ1) is 22.3. The predicted molar refractivity (Wildman–Crippen MR) is 122 cm³/mol. The third-order valence-electron chi connectivity index (χ3n) is 6.77. The highest BCUT2D eigenvalue weighted by Gasteiger charge is 2.29. The smallest absolute Gasteiger partial charge is 0.247 e.